The third-order valence-electron chi connectivity index (χ3n) is 5.68. The third-order valence-corrected chi connectivity index (χ3v) is 5.68. The smallest absolute Gasteiger partial charge is 0.341 e. The van der Waals surface area contributed by atoms with Gasteiger partial charge in [-0.05, 0) is 36.5 Å². The summed E-state index contributed by atoms with van der Waals surface area (Å²) < 4.78 is 38.6. The van der Waals surface area contributed by atoms with Crippen molar-refractivity contribution in [2.24, 2.45) is 11.8 Å². The van der Waals surface area contributed by atoms with E-state index < -0.39 is 17.6 Å². The first-order valence-corrected chi connectivity index (χ1v) is 10.1. The Morgan fingerprint density at radius 2 is 1.62 bits per heavy atom. The molecule has 0 saturated carbocycles. The molecule has 0 aromatic heterocycles. The largest absolute Gasteiger partial charge is 0.416 e. The molecule has 0 bridgehead atoms. The molecular weight excluding hydrogens is 383 g/mol. The van der Waals surface area contributed by atoms with Crippen LogP contribution in [0.5, 0.6) is 0 Å². The fourth-order valence-electron chi connectivity index (χ4n) is 4.28. The highest BCUT2D eigenvalue weighted by Crippen LogP contribution is 2.30. The minimum absolute atomic E-state index is 0.0423. The number of alkyl halides is 3. The maximum Gasteiger partial charge on any atom is 0.416 e. The van der Waals surface area contributed by atoms with Gasteiger partial charge in [0.1, 0.15) is 0 Å². The van der Waals surface area contributed by atoms with Gasteiger partial charge in [0.2, 0.25) is 5.91 Å². The summed E-state index contributed by atoms with van der Waals surface area (Å²) in [5.41, 5.74) is -0.779. The van der Waals surface area contributed by atoms with Gasteiger partial charge in [-0.1, -0.05) is 19.9 Å². The number of hydrogen-bond donors (Lipinski definition) is 0. The molecule has 2 unspecified atom stereocenters. The zero-order valence-corrected chi connectivity index (χ0v) is 16.9. The Balaban J connectivity index is 1.53. The number of hydrogen-bond acceptors (Lipinski definition) is 3. The average molecular weight is 411 g/mol. The second-order valence-corrected chi connectivity index (χ2v) is 8.39. The lowest BCUT2D eigenvalue weighted by atomic mass is 9.92. The Bertz CT molecular complexity index is 735. The topological polar surface area (TPSA) is 43.9 Å². The highest BCUT2D eigenvalue weighted by Gasteiger charge is 2.32. The summed E-state index contributed by atoms with van der Waals surface area (Å²) >= 11 is 0. The van der Waals surface area contributed by atoms with Gasteiger partial charge in [0, 0.05) is 44.8 Å². The lowest BCUT2D eigenvalue weighted by Gasteiger charge is -2.38. The first kappa shape index (κ1) is 21.6. The Hall–Kier alpha value is -2.09. The molecule has 0 spiro atoms. The van der Waals surface area contributed by atoms with E-state index in [9.17, 15) is 22.8 Å². The Morgan fingerprint density at radius 1 is 1.00 bits per heavy atom. The normalized spacial score (nSPS) is 23.9. The lowest BCUT2D eigenvalue weighted by molar-refractivity contribution is -0.137. The minimum Gasteiger partial charge on any atom is -0.341 e. The summed E-state index contributed by atoms with van der Waals surface area (Å²) in [7, 11) is 0. The predicted molar refractivity (Wildman–Crippen MR) is 103 cm³/mol. The van der Waals surface area contributed by atoms with E-state index in [-0.39, 0.29) is 11.5 Å². The van der Waals surface area contributed by atoms with Crippen LogP contribution in [0.25, 0.3) is 0 Å². The summed E-state index contributed by atoms with van der Waals surface area (Å²) in [4.78, 5) is 30.7. The van der Waals surface area contributed by atoms with Crippen LogP contribution in [0.3, 0.4) is 0 Å². The quantitative estimate of drug-likeness (QED) is 0.768. The van der Waals surface area contributed by atoms with Crippen LogP contribution >= 0.6 is 0 Å². The Kier molecular flexibility index (Phi) is 6.51. The fourth-order valence-corrected chi connectivity index (χ4v) is 4.28. The van der Waals surface area contributed by atoms with Crippen molar-refractivity contribution >= 4 is 11.8 Å². The number of carbonyl (C=O) groups is 2. The first-order chi connectivity index (χ1) is 13.6. The van der Waals surface area contributed by atoms with Gasteiger partial charge in [-0.15, -0.1) is 0 Å². The van der Waals surface area contributed by atoms with Gasteiger partial charge >= 0.3 is 6.18 Å². The van der Waals surface area contributed by atoms with Gasteiger partial charge in [0.15, 0.2) is 0 Å². The van der Waals surface area contributed by atoms with Crippen molar-refractivity contribution < 1.29 is 22.8 Å². The summed E-state index contributed by atoms with van der Waals surface area (Å²) in [6, 6.07) is 4.53. The molecule has 1 aromatic rings. The van der Waals surface area contributed by atoms with Gasteiger partial charge in [-0.2, -0.15) is 13.2 Å². The second kappa shape index (κ2) is 8.73. The van der Waals surface area contributed by atoms with E-state index in [4.69, 9.17) is 0 Å². The number of halogens is 3. The van der Waals surface area contributed by atoms with E-state index in [0.717, 1.165) is 31.6 Å². The molecule has 5 nitrogen and oxygen atoms in total. The van der Waals surface area contributed by atoms with Gasteiger partial charge in [0.05, 0.1) is 12.1 Å². The third kappa shape index (κ3) is 5.50. The molecule has 2 fully saturated rings. The molecule has 3 rings (SSSR count). The lowest BCUT2D eigenvalue weighted by Crippen LogP contribution is -2.53. The predicted octanol–water partition coefficient (Wildman–Crippen LogP) is 2.97. The molecule has 2 heterocycles. The van der Waals surface area contributed by atoms with Crippen LogP contribution in [0.4, 0.5) is 13.2 Å². The second-order valence-electron chi connectivity index (χ2n) is 8.39. The average Bonchev–Trinajstić information content (AvgIpc) is 2.66. The highest BCUT2D eigenvalue weighted by molar-refractivity contribution is 5.94. The van der Waals surface area contributed by atoms with E-state index in [0.29, 0.717) is 44.6 Å². The zero-order chi connectivity index (χ0) is 21.2. The van der Waals surface area contributed by atoms with E-state index in [1.807, 2.05) is 9.80 Å². The molecule has 1 aromatic carbocycles. The van der Waals surface area contributed by atoms with Crippen molar-refractivity contribution in [3.05, 3.63) is 35.4 Å². The SMILES string of the molecule is CC1CC(C)CN(C(=O)CN2CCN(C(=O)c3cccc(C(F)(F)F)c3)CC2)C1. The zero-order valence-electron chi connectivity index (χ0n) is 16.9. The number of nitrogens with zero attached hydrogens (tertiary/aromatic N) is 3. The van der Waals surface area contributed by atoms with Crippen LogP contribution in [0, 0.1) is 11.8 Å². The molecule has 2 amide bonds. The minimum atomic E-state index is -4.47. The summed E-state index contributed by atoms with van der Waals surface area (Å²) in [5.74, 6) is 0.719. The number of piperazine rings is 1. The monoisotopic (exact) mass is 411 g/mol. The molecule has 2 aliphatic rings. The Labute approximate surface area is 169 Å². The van der Waals surface area contributed by atoms with Gasteiger partial charge < -0.3 is 9.80 Å². The number of rotatable bonds is 3. The highest BCUT2D eigenvalue weighted by atomic mass is 19.4. The van der Waals surface area contributed by atoms with Gasteiger partial charge in [0.25, 0.3) is 5.91 Å². The summed E-state index contributed by atoms with van der Waals surface area (Å²) in [6.07, 6.45) is -3.33. The van der Waals surface area contributed by atoms with Gasteiger partial charge in [-0.3, -0.25) is 14.5 Å². The van der Waals surface area contributed by atoms with Crippen molar-refractivity contribution in [3.63, 3.8) is 0 Å². The maximum atomic E-state index is 12.9. The molecule has 0 aliphatic carbocycles. The van der Waals surface area contributed by atoms with Crippen molar-refractivity contribution in [2.75, 3.05) is 45.8 Å². The van der Waals surface area contributed by atoms with Crippen molar-refractivity contribution in [3.8, 4) is 0 Å². The molecule has 8 heteroatoms. The molecule has 0 radical (unpaired) electrons. The van der Waals surface area contributed by atoms with Crippen LogP contribution < -0.4 is 0 Å². The van der Waals surface area contributed by atoms with E-state index in [2.05, 4.69) is 13.8 Å². The molecular formula is C21H28F3N3O2. The van der Waals surface area contributed by atoms with Crippen LogP contribution in [0.15, 0.2) is 24.3 Å². The van der Waals surface area contributed by atoms with Crippen LogP contribution in [0.2, 0.25) is 0 Å². The van der Waals surface area contributed by atoms with Crippen LogP contribution in [-0.2, 0) is 11.0 Å². The molecule has 160 valence electrons. The van der Waals surface area contributed by atoms with Crippen LogP contribution in [0.1, 0.15) is 36.2 Å². The molecule has 2 aliphatic heterocycles. The molecule has 0 N–H and O–H groups in total. The summed E-state index contributed by atoms with van der Waals surface area (Å²) in [6.45, 7) is 8.09. The van der Waals surface area contributed by atoms with Gasteiger partial charge in [-0.25, -0.2) is 0 Å². The Morgan fingerprint density at radius 3 is 2.21 bits per heavy atom. The number of likely N-dealkylation sites (tertiary alicyclic amines) is 1. The van der Waals surface area contributed by atoms with Crippen molar-refractivity contribution in [1.82, 2.24) is 14.7 Å². The van der Waals surface area contributed by atoms with Crippen molar-refractivity contribution in [2.45, 2.75) is 26.4 Å². The van der Waals surface area contributed by atoms with E-state index >= 15 is 0 Å². The number of carbonyl (C=O) groups excluding carboxylic acids is 2. The number of benzene rings is 1. The molecule has 2 saturated heterocycles. The molecule has 2 atom stereocenters. The van der Waals surface area contributed by atoms with E-state index in [1.54, 1.807) is 4.90 Å². The van der Waals surface area contributed by atoms with Crippen LogP contribution in [-0.4, -0.2) is 72.3 Å². The first-order valence-electron chi connectivity index (χ1n) is 10.1. The molecule has 29 heavy (non-hydrogen) atoms. The number of amides is 2. The van der Waals surface area contributed by atoms with Crippen molar-refractivity contribution in [1.29, 1.82) is 0 Å². The fraction of sp³-hybridized carbons (Fsp3) is 0.619. The van der Waals surface area contributed by atoms with E-state index in [1.165, 1.54) is 12.1 Å². The number of piperidine rings is 1. The summed E-state index contributed by atoms with van der Waals surface area (Å²) in [5, 5.41) is 0. The maximum absolute atomic E-state index is 12.9. The standard InChI is InChI=1S/C21H28F3N3O2/c1-15-10-16(2)13-27(12-15)19(28)14-25-6-8-26(9-7-25)20(29)17-4-3-5-18(11-17)21(22,23)24/h3-5,11,15-16H,6-10,12-14H2,1-2H3.